The van der Waals surface area contributed by atoms with Crippen LogP contribution in [0.4, 0.5) is 10.5 Å². The third-order valence-corrected chi connectivity index (χ3v) is 8.51. The van der Waals surface area contributed by atoms with Crippen LogP contribution in [0, 0.1) is 0 Å². The second kappa shape index (κ2) is 12.3. The van der Waals surface area contributed by atoms with Crippen LogP contribution in [0.1, 0.15) is 22.3 Å². The summed E-state index contributed by atoms with van der Waals surface area (Å²) in [6, 6.07) is 15.6. The van der Waals surface area contributed by atoms with Gasteiger partial charge in [0.2, 0.25) is 5.88 Å². The number of amides is 2. The van der Waals surface area contributed by atoms with E-state index >= 15 is 0 Å². The number of aryl methyl sites for hydroxylation is 1. The first-order valence-corrected chi connectivity index (χ1v) is 14.5. The predicted molar refractivity (Wildman–Crippen MR) is 164 cm³/mol. The van der Waals surface area contributed by atoms with E-state index in [1.54, 1.807) is 23.1 Å². The minimum absolute atomic E-state index is 0.0629. The zero-order chi connectivity index (χ0) is 31.0. The quantitative estimate of drug-likeness (QED) is 0.294. The number of benzene rings is 2. The van der Waals surface area contributed by atoms with E-state index in [4.69, 9.17) is 42.4 Å². The second-order valence-corrected chi connectivity index (χ2v) is 11.1. The van der Waals surface area contributed by atoms with Crippen LogP contribution >= 0.6 is 23.2 Å². The average molecular weight is 636 g/mol. The molecule has 44 heavy (non-hydrogen) atoms. The van der Waals surface area contributed by atoms with Gasteiger partial charge in [0.25, 0.3) is 11.5 Å². The molecule has 2 aromatic heterocycles. The van der Waals surface area contributed by atoms with Crippen molar-refractivity contribution in [2.75, 3.05) is 25.6 Å². The second-order valence-electron chi connectivity index (χ2n) is 10.3. The molecule has 11 nitrogen and oxygen atoms in total. The molecule has 4 heterocycles. The molecule has 226 valence electrons. The van der Waals surface area contributed by atoms with E-state index in [1.165, 1.54) is 26.4 Å². The maximum atomic E-state index is 12.9. The van der Waals surface area contributed by atoms with Gasteiger partial charge < -0.3 is 19.5 Å². The topological polar surface area (TPSA) is 125 Å². The Hall–Kier alpha value is -4.45. The lowest BCUT2D eigenvalue weighted by Gasteiger charge is -2.28. The number of carbonyl (C=O) groups excluding carboxylic acids is 2. The highest BCUT2D eigenvalue weighted by Gasteiger charge is 2.43. The largest absolute Gasteiger partial charge is 0.481 e. The Morgan fingerprint density at radius 3 is 2.59 bits per heavy atom. The Labute approximate surface area is 262 Å². The Morgan fingerprint density at radius 2 is 1.80 bits per heavy atom. The van der Waals surface area contributed by atoms with E-state index in [1.807, 2.05) is 30.3 Å². The fourth-order valence-corrected chi connectivity index (χ4v) is 6.03. The fourth-order valence-electron chi connectivity index (χ4n) is 5.43. The van der Waals surface area contributed by atoms with Crippen LogP contribution in [0.3, 0.4) is 0 Å². The number of ether oxygens (including phenoxy) is 3. The van der Waals surface area contributed by atoms with Crippen LogP contribution in [0.15, 0.2) is 65.6 Å². The number of pyridine rings is 1. The van der Waals surface area contributed by atoms with E-state index in [9.17, 15) is 14.4 Å². The number of rotatable bonds is 7. The third-order valence-electron chi connectivity index (χ3n) is 7.69. The number of halogens is 2. The highest BCUT2D eigenvalue weighted by molar-refractivity contribution is 6.39. The minimum atomic E-state index is -0.613. The molecule has 0 unspecified atom stereocenters. The van der Waals surface area contributed by atoms with Crippen LogP contribution in [0.25, 0.3) is 22.4 Å². The van der Waals surface area contributed by atoms with Crippen LogP contribution in [-0.2, 0) is 23.1 Å². The number of nitrogens with one attached hydrogen (secondary N) is 1. The van der Waals surface area contributed by atoms with Gasteiger partial charge in [0.1, 0.15) is 11.7 Å². The number of aromatic nitrogens is 3. The lowest BCUT2D eigenvalue weighted by Crippen LogP contribution is -2.42. The van der Waals surface area contributed by atoms with E-state index < -0.39 is 11.5 Å². The maximum absolute atomic E-state index is 12.9. The van der Waals surface area contributed by atoms with E-state index in [0.29, 0.717) is 58.6 Å². The number of hydrogen-bond acceptors (Lipinski definition) is 8. The molecule has 6 rings (SSSR count). The molecule has 2 aliphatic rings. The first-order chi connectivity index (χ1) is 21.3. The summed E-state index contributed by atoms with van der Waals surface area (Å²) in [5.74, 6) is -0.255. The summed E-state index contributed by atoms with van der Waals surface area (Å²) in [5, 5.41) is 7.19. The summed E-state index contributed by atoms with van der Waals surface area (Å²) in [6.45, 7) is 1.24. The lowest BCUT2D eigenvalue weighted by molar-refractivity contribution is -0.00816. The first kappa shape index (κ1) is 29.6. The molecule has 2 fully saturated rings. The number of nitrogens with zero attached hydrogens (tertiary/aromatic N) is 4. The zero-order valence-electron chi connectivity index (χ0n) is 23.8. The molecule has 2 atom stereocenters. The molecule has 2 aromatic carbocycles. The summed E-state index contributed by atoms with van der Waals surface area (Å²) < 4.78 is 17.6. The zero-order valence-corrected chi connectivity index (χ0v) is 25.3. The summed E-state index contributed by atoms with van der Waals surface area (Å²) >= 11 is 13.7. The van der Waals surface area contributed by atoms with Crippen molar-refractivity contribution in [1.29, 1.82) is 0 Å². The molecular formula is C31H27Cl2N5O6. The van der Waals surface area contributed by atoms with Gasteiger partial charge in [0.05, 0.1) is 47.7 Å². The van der Waals surface area contributed by atoms with E-state index in [2.05, 4.69) is 10.4 Å². The number of fused-ring (bicyclic) bond motifs is 1. The molecule has 2 amide bonds. The number of methoxy groups -OCH3 is 1. The fraction of sp³-hybridized carbons (Fsp3) is 0.258. The molecule has 13 heteroatoms. The lowest BCUT2D eigenvalue weighted by atomic mass is 10.00. The number of hydrogen-bond donors (Lipinski definition) is 1. The molecule has 0 radical (unpaired) electrons. The molecule has 2 saturated heterocycles. The highest BCUT2D eigenvalue weighted by atomic mass is 35.5. The van der Waals surface area contributed by atoms with Crippen molar-refractivity contribution < 1.29 is 23.8 Å². The number of carbonyl (C=O) groups is 2. The summed E-state index contributed by atoms with van der Waals surface area (Å²) in [5.41, 5.74) is 2.80. The van der Waals surface area contributed by atoms with Gasteiger partial charge >= 0.3 is 6.09 Å². The predicted octanol–water partition coefficient (Wildman–Crippen LogP) is 5.19. The molecule has 4 aromatic rings. The molecule has 1 N–H and O–H groups in total. The SMILES string of the molecule is COc1nc(-c2cccc(-c3cccc(NC(=O)c4ccnn(C)c4=O)c3Cl)c2Cl)ccc1CN1C(=O)O[C@H]2COCC[C@H]21. The van der Waals surface area contributed by atoms with Crippen molar-refractivity contribution in [1.82, 2.24) is 19.7 Å². The Kier molecular flexibility index (Phi) is 8.26. The maximum Gasteiger partial charge on any atom is 0.410 e. The van der Waals surface area contributed by atoms with Gasteiger partial charge in [-0.2, -0.15) is 5.10 Å². The standard InChI is InChI=1S/C31H27Cl2N5O6/c1-37-30(40)21(11-13-34-37)28(39)35-23-8-4-6-19(27(23)33)18-5-3-7-20(26(18)32)22-10-9-17(29(36-22)42-2)15-38-24-12-14-43-16-25(24)44-31(38)41/h3-11,13,24-25H,12,14-16H2,1-2H3,(H,35,39)/t24-,25+/m1/s1. The average Bonchev–Trinajstić information content (AvgIpc) is 3.34. The first-order valence-electron chi connectivity index (χ1n) is 13.8. The van der Waals surface area contributed by atoms with Gasteiger partial charge in [0.15, 0.2) is 0 Å². The van der Waals surface area contributed by atoms with E-state index in [-0.39, 0.29) is 35.4 Å². The van der Waals surface area contributed by atoms with Crippen LogP contribution in [-0.4, -0.2) is 64.1 Å². The number of anilines is 1. The molecule has 0 saturated carbocycles. The summed E-state index contributed by atoms with van der Waals surface area (Å²) in [7, 11) is 2.99. The molecule has 2 aliphatic heterocycles. The van der Waals surface area contributed by atoms with Gasteiger partial charge in [0, 0.05) is 42.1 Å². The van der Waals surface area contributed by atoms with Gasteiger partial charge in [-0.05, 0) is 30.7 Å². The third kappa shape index (κ3) is 5.49. The monoisotopic (exact) mass is 635 g/mol. The van der Waals surface area contributed by atoms with Gasteiger partial charge in [-0.15, -0.1) is 0 Å². The summed E-state index contributed by atoms with van der Waals surface area (Å²) in [4.78, 5) is 44.2. The van der Waals surface area contributed by atoms with Crippen molar-refractivity contribution in [3.05, 3.63) is 92.3 Å². The smallest absolute Gasteiger partial charge is 0.410 e. The van der Waals surface area contributed by atoms with Gasteiger partial charge in [-0.3, -0.25) is 14.5 Å². The Bertz CT molecular complexity index is 1830. The van der Waals surface area contributed by atoms with Crippen LogP contribution in [0.5, 0.6) is 5.88 Å². The van der Waals surface area contributed by atoms with Crippen LogP contribution in [0.2, 0.25) is 10.0 Å². The molecule has 0 aliphatic carbocycles. The molecule has 0 bridgehead atoms. The normalized spacial score (nSPS) is 17.6. The van der Waals surface area contributed by atoms with Crippen molar-refractivity contribution >= 4 is 40.9 Å². The highest BCUT2D eigenvalue weighted by Crippen LogP contribution is 2.41. The minimum Gasteiger partial charge on any atom is -0.481 e. The Balaban J connectivity index is 1.28. The van der Waals surface area contributed by atoms with Crippen molar-refractivity contribution in [3.8, 4) is 28.3 Å². The van der Waals surface area contributed by atoms with Crippen LogP contribution < -0.4 is 15.6 Å². The van der Waals surface area contributed by atoms with Crippen molar-refractivity contribution in [2.45, 2.75) is 25.1 Å². The van der Waals surface area contributed by atoms with Crippen molar-refractivity contribution in [3.63, 3.8) is 0 Å². The van der Waals surface area contributed by atoms with Crippen molar-refractivity contribution in [2.24, 2.45) is 7.05 Å². The summed E-state index contributed by atoms with van der Waals surface area (Å²) in [6.07, 6.45) is 1.41. The Morgan fingerprint density at radius 1 is 1.05 bits per heavy atom. The molecular weight excluding hydrogens is 609 g/mol. The molecule has 0 spiro atoms. The van der Waals surface area contributed by atoms with Gasteiger partial charge in [-0.25, -0.2) is 14.5 Å². The van der Waals surface area contributed by atoms with E-state index in [0.717, 1.165) is 10.2 Å². The van der Waals surface area contributed by atoms with Gasteiger partial charge in [-0.1, -0.05) is 53.5 Å².